The van der Waals surface area contributed by atoms with Gasteiger partial charge in [0.25, 0.3) is 0 Å². The van der Waals surface area contributed by atoms with Crippen LogP contribution in [0.25, 0.3) is 0 Å². The topological polar surface area (TPSA) is 41.1 Å². The van der Waals surface area contributed by atoms with Gasteiger partial charge in [-0.05, 0) is 54.7 Å². The summed E-state index contributed by atoms with van der Waals surface area (Å²) in [5, 5.41) is 6.26. The number of rotatable bonds is 4. The van der Waals surface area contributed by atoms with E-state index in [4.69, 9.17) is 12.2 Å². The molecule has 2 aromatic carbocycles. The Bertz CT molecular complexity index is 725. The molecule has 0 unspecified atom stereocenters. The molecule has 0 aliphatic heterocycles. The molecule has 0 bridgehead atoms. The zero-order chi connectivity index (χ0) is 16.8. The molecular formula is C19H22N2OS. The first-order valence-electron chi connectivity index (χ1n) is 7.75. The van der Waals surface area contributed by atoms with E-state index in [1.54, 1.807) is 0 Å². The molecule has 3 nitrogen and oxygen atoms in total. The number of anilines is 1. The van der Waals surface area contributed by atoms with E-state index in [0.717, 1.165) is 28.8 Å². The lowest BCUT2D eigenvalue weighted by atomic mass is 10.1. The van der Waals surface area contributed by atoms with Gasteiger partial charge in [-0.25, -0.2) is 0 Å². The van der Waals surface area contributed by atoms with Crippen LogP contribution in [0.3, 0.4) is 0 Å². The van der Waals surface area contributed by atoms with Crippen LogP contribution in [-0.2, 0) is 17.6 Å². The Kier molecular flexibility index (Phi) is 5.88. The van der Waals surface area contributed by atoms with Gasteiger partial charge in [0, 0.05) is 5.69 Å². The largest absolute Gasteiger partial charge is 0.332 e. The van der Waals surface area contributed by atoms with Gasteiger partial charge in [-0.1, -0.05) is 49.4 Å². The third-order valence-corrected chi connectivity index (χ3v) is 4.05. The third kappa shape index (κ3) is 4.63. The molecule has 0 aliphatic rings. The van der Waals surface area contributed by atoms with Crippen molar-refractivity contribution in [3.8, 4) is 0 Å². The molecule has 0 atom stereocenters. The van der Waals surface area contributed by atoms with E-state index in [2.05, 4.69) is 23.6 Å². The maximum Gasteiger partial charge on any atom is 0.230 e. The second kappa shape index (κ2) is 7.88. The van der Waals surface area contributed by atoms with E-state index in [1.165, 1.54) is 5.56 Å². The highest BCUT2D eigenvalue weighted by molar-refractivity contribution is 7.80. The minimum Gasteiger partial charge on any atom is -0.332 e. The van der Waals surface area contributed by atoms with E-state index < -0.39 is 0 Å². The number of hydrogen-bond acceptors (Lipinski definition) is 2. The van der Waals surface area contributed by atoms with Crippen molar-refractivity contribution >= 4 is 28.9 Å². The van der Waals surface area contributed by atoms with Crippen LogP contribution >= 0.6 is 12.2 Å². The fourth-order valence-corrected chi connectivity index (χ4v) is 2.71. The molecule has 0 saturated heterocycles. The summed E-state index contributed by atoms with van der Waals surface area (Å²) in [6.07, 6.45) is 1.23. The summed E-state index contributed by atoms with van der Waals surface area (Å²) < 4.78 is 0. The average Bonchev–Trinajstić information content (AvgIpc) is 2.51. The molecule has 2 aromatic rings. The van der Waals surface area contributed by atoms with E-state index in [0.29, 0.717) is 11.5 Å². The molecule has 0 fully saturated rings. The summed E-state index contributed by atoms with van der Waals surface area (Å²) in [6, 6.07) is 14.0. The van der Waals surface area contributed by atoms with Gasteiger partial charge in [0.15, 0.2) is 5.11 Å². The Balaban J connectivity index is 2.00. The van der Waals surface area contributed by atoms with E-state index in [9.17, 15) is 4.79 Å². The number of para-hydroxylation sites is 1. The minimum absolute atomic E-state index is 0.108. The molecule has 0 aromatic heterocycles. The van der Waals surface area contributed by atoms with Gasteiger partial charge in [0.2, 0.25) is 5.91 Å². The monoisotopic (exact) mass is 326 g/mol. The molecule has 2 rings (SSSR count). The van der Waals surface area contributed by atoms with E-state index in [1.807, 2.05) is 50.2 Å². The third-order valence-electron chi connectivity index (χ3n) is 3.84. The Morgan fingerprint density at radius 2 is 1.65 bits per heavy atom. The van der Waals surface area contributed by atoms with Gasteiger partial charge in [0.1, 0.15) is 0 Å². The van der Waals surface area contributed by atoms with Crippen molar-refractivity contribution in [3.05, 3.63) is 64.7 Å². The van der Waals surface area contributed by atoms with Gasteiger partial charge in [0.05, 0.1) is 6.42 Å². The molecule has 2 N–H and O–H groups in total. The highest BCUT2D eigenvalue weighted by atomic mass is 32.1. The number of carbonyl (C=O) groups excluding carboxylic acids is 1. The van der Waals surface area contributed by atoms with Crippen molar-refractivity contribution in [2.75, 3.05) is 5.32 Å². The maximum atomic E-state index is 12.2. The minimum atomic E-state index is -0.108. The quantitative estimate of drug-likeness (QED) is 0.837. The summed E-state index contributed by atoms with van der Waals surface area (Å²) in [6.45, 7) is 6.12. The van der Waals surface area contributed by atoms with Crippen molar-refractivity contribution < 1.29 is 4.79 Å². The number of thiocarbonyl (C=S) groups is 1. The van der Waals surface area contributed by atoms with E-state index >= 15 is 0 Å². The standard InChI is InChI=1S/C19H22N2OS/c1-4-15-11-7-9-14(3)18(15)21-19(23)20-17(22)12-16-10-6-5-8-13(16)2/h5-11H,4,12H2,1-3H3,(H2,20,21,22,23). The lowest BCUT2D eigenvalue weighted by Crippen LogP contribution is -2.35. The zero-order valence-corrected chi connectivity index (χ0v) is 14.6. The van der Waals surface area contributed by atoms with Gasteiger partial charge < -0.3 is 10.6 Å². The molecule has 0 saturated carbocycles. The van der Waals surface area contributed by atoms with E-state index in [-0.39, 0.29) is 5.91 Å². The number of hydrogen-bond donors (Lipinski definition) is 2. The average molecular weight is 326 g/mol. The number of carbonyl (C=O) groups is 1. The normalized spacial score (nSPS) is 10.2. The van der Waals surface area contributed by atoms with Gasteiger partial charge in [-0.15, -0.1) is 0 Å². The fourth-order valence-electron chi connectivity index (χ4n) is 2.50. The molecule has 120 valence electrons. The van der Waals surface area contributed by atoms with Crippen molar-refractivity contribution in [1.82, 2.24) is 5.32 Å². The first-order valence-corrected chi connectivity index (χ1v) is 8.16. The molecular weight excluding hydrogens is 304 g/mol. The van der Waals surface area contributed by atoms with Crippen LogP contribution in [0, 0.1) is 13.8 Å². The second-order valence-corrected chi connectivity index (χ2v) is 5.98. The Hall–Kier alpha value is -2.20. The number of nitrogens with one attached hydrogen (secondary N) is 2. The summed E-state index contributed by atoms with van der Waals surface area (Å²) >= 11 is 5.29. The van der Waals surface area contributed by atoms with Crippen molar-refractivity contribution in [2.24, 2.45) is 0 Å². The molecule has 0 aliphatic carbocycles. The molecule has 0 spiro atoms. The summed E-state index contributed by atoms with van der Waals surface area (Å²) in [4.78, 5) is 12.2. The first kappa shape index (κ1) is 17.2. The van der Waals surface area contributed by atoms with Crippen molar-refractivity contribution in [1.29, 1.82) is 0 Å². The molecule has 1 amide bonds. The lowest BCUT2D eigenvalue weighted by molar-refractivity contribution is -0.119. The highest BCUT2D eigenvalue weighted by Crippen LogP contribution is 2.20. The predicted molar refractivity (Wildman–Crippen MR) is 99.8 cm³/mol. The highest BCUT2D eigenvalue weighted by Gasteiger charge is 2.10. The fraction of sp³-hybridized carbons (Fsp3) is 0.263. The molecule has 23 heavy (non-hydrogen) atoms. The van der Waals surface area contributed by atoms with Crippen LogP contribution in [0.2, 0.25) is 0 Å². The van der Waals surface area contributed by atoms with Gasteiger partial charge in [-0.2, -0.15) is 0 Å². The first-order chi connectivity index (χ1) is 11.0. The summed E-state index contributed by atoms with van der Waals surface area (Å²) in [5.41, 5.74) is 5.39. The van der Waals surface area contributed by atoms with Crippen LogP contribution in [0.1, 0.15) is 29.2 Å². The predicted octanol–water partition coefficient (Wildman–Crippen LogP) is 3.92. The number of benzene rings is 2. The van der Waals surface area contributed by atoms with Crippen LogP contribution < -0.4 is 10.6 Å². The van der Waals surface area contributed by atoms with Gasteiger partial charge >= 0.3 is 0 Å². The second-order valence-electron chi connectivity index (χ2n) is 5.57. The number of aryl methyl sites for hydroxylation is 3. The molecule has 0 heterocycles. The zero-order valence-electron chi connectivity index (χ0n) is 13.8. The smallest absolute Gasteiger partial charge is 0.230 e. The van der Waals surface area contributed by atoms with Crippen LogP contribution in [0.15, 0.2) is 42.5 Å². The molecule has 0 radical (unpaired) electrons. The van der Waals surface area contributed by atoms with Crippen LogP contribution in [-0.4, -0.2) is 11.0 Å². The van der Waals surface area contributed by atoms with Crippen LogP contribution in [0.4, 0.5) is 5.69 Å². The van der Waals surface area contributed by atoms with Gasteiger partial charge in [-0.3, -0.25) is 4.79 Å². The maximum absolute atomic E-state index is 12.2. The Morgan fingerprint density at radius 1 is 1.00 bits per heavy atom. The SMILES string of the molecule is CCc1cccc(C)c1NC(=S)NC(=O)Cc1ccccc1C. The summed E-state index contributed by atoms with van der Waals surface area (Å²) in [7, 11) is 0. The Labute approximate surface area is 143 Å². The number of amides is 1. The lowest BCUT2D eigenvalue weighted by Gasteiger charge is -2.15. The summed E-state index contributed by atoms with van der Waals surface area (Å²) in [5.74, 6) is -0.108. The molecule has 4 heteroatoms. The van der Waals surface area contributed by atoms with Crippen molar-refractivity contribution in [2.45, 2.75) is 33.6 Å². The van der Waals surface area contributed by atoms with Crippen LogP contribution in [0.5, 0.6) is 0 Å². The Morgan fingerprint density at radius 3 is 2.35 bits per heavy atom. The van der Waals surface area contributed by atoms with Crippen molar-refractivity contribution in [3.63, 3.8) is 0 Å².